The van der Waals surface area contributed by atoms with E-state index in [4.69, 9.17) is 4.42 Å². The maximum absolute atomic E-state index is 13.5. The van der Waals surface area contributed by atoms with Crippen LogP contribution in [0.15, 0.2) is 27.1 Å². The number of hydrogen-bond donors (Lipinski definition) is 0. The second-order valence-corrected chi connectivity index (χ2v) is 4.29. The number of hydrogen-bond acceptors (Lipinski definition) is 3. The van der Waals surface area contributed by atoms with E-state index in [0.29, 0.717) is 17.9 Å². The standard InChI is InChI=1S/C11H10BrFN2O/c1-2-3-10-14-15-11(16-10)8-6-7(12)4-5-9(8)13/h4-6H,2-3H2,1H3. The van der Waals surface area contributed by atoms with Crippen LogP contribution in [0.1, 0.15) is 19.2 Å². The molecule has 0 aliphatic heterocycles. The Hall–Kier alpha value is -1.23. The van der Waals surface area contributed by atoms with Gasteiger partial charge in [0.15, 0.2) is 0 Å². The van der Waals surface area contributed by atoms with Gasteiger partial charge in [-0.25, -0.2) is 4.39 Å². The van der Waals surface area contributed by atoms with Crippen LogP contribution in [0.2, 0.25) is 0 Å². The lowest BCUT2D eigenvalue weighted by molar-refractivity contribution is 0.498. The molecule has 0 spiro atoms. The lowest BCUT2D eigenvalue weighted by atomic mass is 10.2. The van der Waals surface area contributed by atoms with Gasteiger partial charge in [0.05, 0.1) is 5.56 Å². The molecule has 0 bridgehead atoms. The van der Waals surface area contributed by atoms with Crippen molar-refractivity contribution in [2.75, 3.05) is 0 Å². The predicted octanol–water partition coefficient (Wildman–Crippen LogP) is 3.59. The minimum Gasteiger partial charge on any atom is -0.421 e. The fraction of sp³-hybridized carbons (Fsp3) is 0.273. The van der Waals surface area contributed by atoms with Crippen LogP contribution in [0.4, 0.5) is 4.39 Å². The molecule has 2 aromatic rings. The number of rotatable bonds is 3. The van der Waals surface area contributed by atoms with Crippen LogP contribution in [0.3, 0.4) is 0 Å². The highest BCUT2D eigenvalue weighted by molar-refractivity contribution is 9.10. The quantitative estimate of drug-likeness (QED) is 0.865. The summed E-state index contributed by atoms with van der Waals surface area (Å²) in [4.78, 5) is 0. The molecule has 0 unspecified atom stereocenters. The van der Waals surface area contributed by atoms with Crippen molar-refractivity contribution in [2.45, 2.75) is 19.8 Å². The molecule has 0 N–H and O–H groups in total. The Labute approximate surface area is 101 Å². The summed E-state index contributed by atoms with van der Waals surface area (Å²) in [6, 6.07) is 4.61. The fourth-order valence-corrected chi connectivity index (χ4v) is 1.70. The van der Waals surface area contributed by atoms with E-state index in [1.54, 1.807) is 12.1 Å². The maximum atomic E-state index is 13.5. The summed E-state index contributed by atoms with van der Waals surface area (Å²) in [5, 5.41) is 7.68. The molecule has 0 aliphatic carbocycles. The van der Waals surface area contributed by atoms with Gasteiger partial charge in [-0.1, -0.05) is 22.9 Å². The monoisotopic (exact) mass is 284 g/mol. The number of nitrogens with zero attached hydrogens (tertiary/aromatic N) is 2. The average molecular weight is 285 g/mol. The molecule has 0 aliphatic rings. The summed E-state index contributed by atoms with van der Waals surface area (Å²) >= 11 is 3.27. The van der Waals surface area contributed by atoms with Crippen molar-refractivity contribution in [3.63, 3.8) is 0 Å². The Balaban J connectivity index is 2.38. The highest BCUT2D eigenvalue weighted by Crippen LogP contribution is 2.25. The first-order chi connectivity index (χ1) is 7.70. The molecule has 1 aromatic heterocycles. The van der Waals surface area contributed by atoms with Crippen molar-refractivity contribution in [3.05, 3.63) is 34.4 Å². The third-order valence-corrected chi connectivity index (χ3v) is 2.58. The Morgan fingerprint density at radius 1 is 1.38 bits per heavy atom. The van der Waals surface area contributed by atoms with Gasteiger partial charge in [-0.3, -0.25) is 0 Å². The van der Waals surface area contributed by atoms with E-state index >= 15 is 0 Å². The summed E-state index contributed by atoms with van der Waals surface area (Å²) in [5.74, 6) is 0.397. The summed E-state index contributed by atoms with van der Waals surface area (Å²) < 4.78 is 19.6. The van der Waals surface area contributed by atoms with E-state index in [-0.39, 0.29) is 11.7 Å². The molecular formula is C11H10BrFN2O. The second kappa shape index (κ2) is 4.74. The van der Waals surface area contributed by atoms with E-state index in [1.165, 1.54) is 6.07 Å². The summed E-state index contributed by atoms with van der Waals surface area (Å²) in [6.07, 6.45) is 1.63. The van der Waals surface area contributed by atoms with Crippen molar-refractivity contribution in [2.24, 2.45) is 0 Å². The van der Waals surface area contributed by atoms with Crippen molar-refractivity contribution in [1.82, 2.24) is 10.2 Å². The first kappa shape index (κ1) is 11.3. The number of halogens is 2. The average Bonchev–Trinajstić information content (AvgIpc) is 2.71. The van der Waals surface area contributed by atoms with E-state index in [1.807, 2.05) is 6.92 Å². The van der Waals surface area contributed by atoms with Crippen LogP contribution in [-0.4, -0.2) is 10.2 Å². The van der Waals surface area contributed by atoms with Crippen molar-refractivity contribution >= 4 is 15.9 Å². The van der Waals surface area contributed by atoms with E-state index < -0.39 is 0 Å². The molecule has 3 nitrogen and oxygen atoms in total. The molecule has 5 heteroatoms. The van der Waals surface area contributed by atoms with Crippen LogP contribution in [-0.2, 0) is 6.42 Å². The Morgan fingerprint density at radius 3 is 2.94 bits per heavy atom. The van der Waals surface area contributed by atoms with Crippen LogP contribution >= 0.6 is 15.9 Å². The topological polar surface area (TPSA) is 38.9 Å². The smallest absolute Gasteiger partial charge is 0.250 e. The molecule has 0 saturated heterocycles. The molecule has 0 radical (unpaired) electrons. The van der Waals surface area contributed by atoms with Gasteiger partial charge >= 0.3 is 0 Å². The molecule has 0 fully saturated rings. The lowest BCUT2D eigenvalue weighted by Gasteiger charge is -1.97. The molecular weight excluding hydrogens is 275 g/mol. The van der Waals surface area contributed by atoms with Gasteiger partial charge in [-0.05, 0) is 24.6 Å². The molecule has 0 atom stereocenters. The molecule has 1 heterocycles. The molecule has 0 amide bonds. The molecule has 16 heavy (non-hydrogen) atoms. The van der Waals surface area contributed by atoms with Gasteiger partial charge in [0, 0.05) is 10.9 Å². The highest BCUT2D eigenvalue weighted by Gasteiger charge is 2.12. The zero-order chi connectivity index (χ0) is 11.5. The van der Waals surface area contributed by atoms with Crippen LogP contribution in [0.25, 0.3) is 11.5 Å². The van der Waals surface area contributed by atoms with Crippen molar-refractivity contribution in [1.29, 1.82) is 0 Å². The van der Waals surface area contributed by atoms with Gasteiger partial charge in [0.25, 0.3) is 5.89 Å². The fourth-order valence-electron chi connectivity index (χ4n) is 1.34. The van der Waals surface area contributed by atoms with Crippen LogP contribution in [0.5, 0.6) is 0 Å². The minimum absolute atomic E-state index is 0.224. The first-order valence-corrected chi connectivity index (χ1v) is 5.78. The maximum Gasteiger partial charge on any atom is 0.250 e. The normalized spacial score (nSPS) is 10.7. The number of benzene rings is 1. The van der Waals surface area contributed by atoms with Crippen molar-refractivity contribution < 1.29 is 8.81 Å². The summed E-state index contributed by atoms with van der Waals surface area (Å²) in [7, 11) is 0. The zero-order valence-electron chi connectivity index (χ0n) is 8.70. The van der Waals surface area contributed by atoms with Gasteiger partial charge in [-0.15, -0.1) is 10.2 Å². The number of aromatic nitrogens is 2. The number of aryl methyl sites for hydroxylation is 1. The molecule has 84 valence electrons. The van der Waals surface area contributed by atoms with Crippen molar-refractivity contribution in [3.8, 4) is 11.5 Å². The van der Waals surface area contributed by atoms with E-state index in [2.05, 4.69) is 26.1 Å². The van der Waals surface area contributed by atoms with E-state index in [0.717, 1.165) is 10.9 Å². The Morgan fingerprint density at radius 2 is 2.19 bits per heavy atom. The Kier molecular flexibility index (Phi) is 3.33. The van der Waals surface area contributed by atoms with Crippen LogP contribution in [0, 0.1) is 5.82 Å². The SMILES string of the molecule is CCCc1nnc(-c2cc(Br)ccc2F)o1. The van der Waals surface area contributed by atoms with Gasteiger partial charge in [0.2, 0.25) is 5.89 Å². The lowest BCUT2D eigenvalue weighted by Crippen LogP contribution is -1.84. The highest BCUT2D eigenvalue weighted by atomic mass is 79.9. The van der Waals surface area contributed by atoms with E-state index in [9.17, 15) is 4.39 Å². The summed E-state index contributed by atoms with van der Waals surface area (Å²) in [6.45, 7) is 2.02. The molecule has 0 saturated carbocycles. The third-order valence-electron chi connectivity index (χ3n) is 2.09. The zero-order valence-corrected chi connectivity index (χ0v) is 10.3. The Bertz CT molecular complexity index is 498. The summed E-state index contributed by atoms with van der Waals surface area (Å²) in [5.41, 5.74) is 0.323. The molecule has 2 rings (SSSR count). The third kappa shape index (κ3) is 2.29. The van der Waals surface area contributed by atoms with Gasteiger partial charge in [-0.2, -0.15) is 0 Å². The molecule has 1 aromatic carbocycles. The van der Waals surface area contributed by atoms with Gasteiger partial charge in [0.1, 0.15) is 5.82 Å². The predicted molar refractivity (Wildman–Crippen MR) is 61.4 cm³/mol. The first-order valence-electron chi connectivity index (χ1n) is 4.98. The van der Waals surface area contributed by atoms with Gasteiger partial charge < -0.3 is 4.42 Å². The second-order valence-electron chi connectivity index (χ2n) is 3.38. The largest absolute Gasteiger partial charge is 0.421 e. The van der Waals surface area contributed by atoms with Crippen LogP contribution < -0.4 is 0 Å². The minimum atomic E-state index is -0.366.